The molecule has 1 aliphatic rings. The Morgan fingerprint density at radius 2 is 2.27 bits per heavy atom. The Bertz CT molecular complexity index is 394. The number of carbonyl (C=O) groups is 1. The zero-order valence-electron chi connectivity index (χ0n) is 8.16. The van der Waals surface area contributed by atoms with Crippen molar-refractivity contribution in [2.45, 2.75) is 6.42 Å². The average molecular weight is 209 g/mol. The Hall–Kier alpha value is -1.78. The van der Waals surface area contributed by atoms with Crippen molar-refractivity contribution in [1.29, 1.82) is 0 Å². The highest BCUT2D eigenvalue weighted by molar-refractivity contribution is 5.95. The second-order valence-corrected chi connectivity index (χ2v) is 3.44. The Balaban J connectivity index is 2.34. The number of anilines is 2. The number of hydrogen-bond acceptors (Lipinski definition) is 2. The topological polar surface area (TPSA) is 58.4 Å². The first kappa shape index (κ1) is 9.76. The van der Waals surface area contributed by atoms with Crippen molar-refractivity contribution in [2.24, 2.45) is 0 Å². The van der Waals surface area contributed by atoms with Crippen LogP contribution in [0.25, 0.3) is 0 Å². The van der Waals surface area contributed by atoms with E-state index in [-0.39, 0.29) is 6.03 Å². The molecule has 2 rings (SSSR count). The zero-order chi connectivity index (χ0) is 10.8. The number of nitrogens with two attached hydrogens (primary N) is 1. The standard InChI is InChI=1S/C10H12FN3O/c11-7-2-3-8(12)9(6-7)14-5-1-4-13-10(14)15/h2-3,6H,1,4-5,12H2,(H,13,15). The maximum Gasteiger partial charge on any atom is 0.321 e. The van der Waals surface area contributed by atoms with Crippen molar-refractivity contribution in [3.05, 3.63) is 24.0 Å². The van der Waals surface area contributed by atoms with Gasteiger partial charge in [-0.25, -0.2) is 9.18 Å². The summed E-state index contributed by atoms with van der Waals surface area (Å²) < 4.78 is 13.0. The quantitative estimate of drug-likeness (QED) is 0.685. The van der Waals surface area contributed by atoms with Gasteiger partial charge >= 0.3 is 6.03 Å². The molecule has 0 radical (unpaired) electrons. The third-order valence-electron chi connectivity index (χ3n) is 2.36. The summed E-state index contributed by atoms with van der Waals surface area (Å²) in [4.78, 5) is 13.0. The van der Waals surface area contributed by atoms with Crippen LogP contribution in [-0.2, 0) is 0 Å². The molecule has 0 spiro atoms. The predicted molar refractivity (Wildman–Crippen MR) is 56.2 cm³/mol. The lowest BCUT2D eigenvalue weighted by Gasteiger charge is -2.28. The maximum absolute atomic E-state index is 13.0. The molecule has 15 heavy (non-hydrogen) atoms. The van der Waals surface area contributed by atoms with E-state index in [1.165, 1.54) is 23.1 Å². The SMILES string of the molecule is Nc1ccc(F)cc1N1CCCNC1=O. The van der Waals surface area contributed by atoms with E-state index in [0.717, 1.165) is 6.42 Å². The van der Waals surface area contributed by atoms with Crippen LogP contribution in [0.3, 0.4) is 0 Å². The second-order valence-electron chi connectivity index (χ2n) is 3.44. The van der Waals surface area contributed by atoms with Crippen molar-refractivity contribution in [3.63, 3.8) is 0 Å². The molecule has 80 valence electrons. The summed E-state index contributed by atoms with van der Waals surface area (Å²) in [5.41, 5.74) is 6.54. The number of benzene rings is 1. The number of halogens is 1. The van der Waals surface area contributed by atoms with Gasteiger partial charge in [-0.05, 0) is 24.6 Å². The normalized spacial score (nSPS) is 16.3. The molecule has 1 saturated heterocycles. The number of nitrogens with one attached hydrogen (secondary N) is 1. The molecule has 0 saturated carbocycles. The van der Waals surface area contributed by atoms with E-state index in [9.17, 15) is 9.18 Å². The highest BCUT2D eigenvalue weighted by atomic mass is 19.1. The van der Waals surface area contributed by atoms with Gasteiger partial charge in [0.1, 0.15) is 5.82 Å². The van der Waals surface area contributed by atoms with Gasteiger partial charge in [0.2, 0.25) is 0 Å². The van der Waals surface area contributed by atoms with Crippen molar-refractivity contribution in [1.82, 2.24) is 5.32 Å². The van der Waals surface area contributed by atoms with Crippen LogP contribution in [0, 0.1) is 5.82 Å². The van der Waals surface area contributed by atoms with E-state index in [2.05, 4.69) is 5.32 Å². The summed E-state index contributed by atoms with van der Waals surface area (Å²) >= 11 is 0. The predicted octanol–water partition coefficient (Wildman–Crippen LogP) is 1.33. The van der Waals surface area contributed by atoms with Crippen LogP contribution in [0.1, 0.15) is 6.42 Å². The summed E-state index contributed by atoms with van der Waals surface area (Å²) in [6.45, 7) is 1.23. The van der Waals surface area contributed by atoms with Crippen LogP contribution in [0.2, 0.25) is 0 Å². The number of urea groups is 1. The van der Waals surface area contributed by atoms with Crippen molar-refractivity contribution < 1.29 is 9.18 Å². The van der Waals surface area contributed by atoms with Crippen LogP contribution in [-0.4, -0.2) is 19.1 Å². The average Bonchev–Trinajstić information content (AvgIpc) is 2.23. The third-order valence-corrected chi connectivity index (χ3v) is 2.36. The van der Waals surface area contributed by atoms with Gasteiger partial charge in [-0.2, -0.15) is 0 Å². The number of rotatable bonds is 1. The molecular formula is C10H12FN3O. The van der Waals surface area contributed by atoms with Gasteiger partial charge in [0.25, 0.3) is 0 Å². The fraction of sp³-hybridized carbons (Fsp3) is 0.300. The molecule has 1 aromatic carbocycles. The second kappa shape index (κ2) is 3.76. The van der Waals surface area contributed by atoms with E-state index in [1.807, 2.05) is 0 Å². The Morgan fingerprint density at radius 3 is 3.00 bits per heavy atom. The summed E-state index contributed by atoms with van der Waals surface area (Å²) in [6.07, 6.45) is 0.835. The first-order chi connectivity index (χ1) is 7.18. The molecule has 0 atom stereocenters. The number of hydrogen-bond donors (Lipinski definition) is 2. The lowest BCUT2D eigenvalue weighted by molar-refractivity contribution is 0.243. The Labute approximate surface area is 86.9 Å². The van der Waals surface area contributed by atoms with E-state index in [0.29, 0.717) is 24.5 Å². The minimum atomic E-state index is -0.391. The van der Waals surface area contributed by atoms with Crippen molar-refractivity contribution in [2.75, 3.05) is 23.7 Å². The molecule has 2 amide bonds. The van der Waals surface area contributed by atoms with E-state index < -0.39 is 5.82 Å². The van der Waals surface area contributed by atoms with Gasteiger partial charge in [-0.1, -0.05) is 0 Å². The monoisotopic (exact) mass is 209 g/mol. The largest absolute Gasteiger partial charge is 0.397 e. The third kappa shape index (κ3) is 1.86. The van der Waals surface area contributed by atoms with Crippen LogP contribution >= 0.6 is 0 Å². The van der Waals surface area contributed by atoms with Crippen LogP contribution in [0.15, 0.2) is 18.2 Å². The molecule has 0 aliphatic carbocycles. The smallest absolute Gasteiger partial charge is 0.321 e. The molecule has 1 aromatic rings. The van der Waals surface area contributed by atoms with E-state index in [1.54, 1.807) is 0 Å². The summed E-state index contributed by atoms with van der Waals surface area (Å²) in [5.74, 6) is -0.391. The molecule has 0 unspecified atom stereocenters. The molecule has 1 aliphatic heterocycles. The summed E-state index contributed by atoms with van der Waals surface area (Å²) in [6, 6.07) is 3.80. The lowest BCUT2D eigenvalue weighted by atomic mass is 10.2. The first-order valence-corrected chi connectivity index (χ1v) is 4.79. The van der Waals surface area contributed by atoms with E-state index >= 15 is 0 Å². The maximum atomic E-state index is 13.0. The Morgan fingerprint density at radius 1 is 1.47 bits per heavy atom. The Kier molecular flexibility index (Phi) is 2.45. The zero-order valence-corrected chi connectivity index (χ0v) is 8.16. The highest BCUT2D eigenvalue weighted by Crippen LogP contribution is 2.25. The molecule has 1 heterocycles. The minimum absolute atomic E-state index is 0.224. The molecule has 1 fully saturated rings. The van der Waals surface area contributed by atoms with Gasteiger partial charge in [-0.3, -0.25) is 4.90 Å². The van der Waals surface area contributed by atoms with Crippen LogP contribution in [0.4, 0.5) is 20.6 Å². The highest BCUT2D eigenvalue weighted by Gasteiger charge is 2.21. The minimum Gasteiger partial charge on any atom is -0.397 e. The van der Waals surface area contributed by atoms with Gasteiger partial charge < -0.3 is 11.1 Å². The van der Waals surface area contributed by atoms with Crippen molar-refractivity contribution in [3.8, 4) is 0 Å². The van der Waals surface area contributed by atoms with Gasteiger partial charge in [0, 0.05) is 13.1 Å². The van der Waals surface area contributed by atoms with Crippen LogP contribution in [0.5, 0.6) is 0 Å². The molecule has 5 heteroatoms. The lowest BCUT2D eigenvalue weighted by Crippen LogP contribution is -2.46. The molecule has 0 aromatic heterocycles. The fourth-order valence-corrected chi connectivity index (χ4v) is 1.61. The van der Waals surface area contributed by atoms with Gasteiger partial charge in [0.15, 0.2) is 0 Å². The number of nitrogen functional groups attached to an aromatic ring is 1. The number of amides is 2. The molecule has 4 nitrogen and oxygen atoms in total. The fourth-order valence-electron chi connectivity index (χ4n) is 1.61. The van der Waals surface area contributed by atoms with Gasteiger partial charge in [-0.15, -0.1) is 0 Å². The summed E-state index contributed by atoms with van der Waals surface area (Å²) in [7, 11) is 0. The summed E-state index contributed by atoms with van der Waals surface area (Å²) in [5, 5.41) is 2.69. The van der Waals surface area contributed by atoms with Gasteiger partial charge in [0.05, 0.1) is 11.4 Å². The van der Waals surface area contributed by atoms with Crippen molar-refractivity contribution >= 4 is 17.4 Å². The number of carbonyl (C=O) groups excluding carboxylic acids is 1. The van der Waals surface area contributed by atoms with Crippen LogP contribution < -0.4 is 16.0 Å². The molecular weight excluding hydrogens is 197 g/mol. The van der Waals surface area contributed by atoms with E-state index in [4.69, 9.17) is 5.73 Å². The molecule has 0 bridgehead atoms. The first-order valence-electron chi connectivity index (χ1n) is 4.79. The molecule has 3 N–H and O–H groups in total. The number of nitrogens with zero attached hydrogens (tertiary/aromatic N) is 1.